The highest BCUT2D eigenvalue weighted by Crippen LogP contribution is 2.25. The third kappa shape index (κ3) is 3.61. The second-order valence-electron chi connectivity index (χ2n) is 6.54. The van der Waals surface area contributed by atoms with Gasteiger partial charge in [0.2, 0.25) is 0 Å². The number of likely N-dealkylation sites (N-methyl/N-ethyl adjacent to an activating group) is 1. The number of likely N-dealkylation sites (tertiary alicyclic amines) is 1. The van der Waals surface area contributed by atoms with Crippen molar-refractivity contribution in [2.75, 3.05) is 53.4 Å². The Labute approximate surface area is 129 Å². The van der Waals surface area contributed by atoms with Crippen LogP contribution < -0.4 is 0 Å². The molecule has 3 aliphatic rings. The van der Waals surface area contributed by atoms with Crippen LogP contribution >= 0.6 is 0 Å². The zero-order chi connectivity index (χ0) is 14.7. The molecule has 0 atom stereocenters. The van der Waals surface area contributed by atoms with Crippen molar-refractivity contribution in [2.45, 2.75) is 31.7 Å². The van der Waals surface area contributed by atoms with Gasteiger partial charge in [0, 0.05) is 57.4 Å². The molecule has 2 saturated heterocycles. The highest BCUT2D eigenvalue weighted by Gasteiger charge is 2.27. The number of piperazine rings is 1. The number of hydrogen-bond acceptors (Lipinski definition) is 4. The van der Waals surface area contributed by atoms with E-state index in [1.54, 1.807) is 7.11 Å². The van der Waals surface area contributed by atoms with E-state index >= 15 is 0 Å². The van der Waals surface area contributed by atoms with E-state index in [1.807, 2.05) is 0 Å². The Morgan fingerprint density at radius 1 is 1.05 bits per heavy atom. The molecule has 0 amide bonds. The van der Waals surface area contributed by atoms with E-state index in [0.29, 0.717) is 0 Å². The second-order valence-corrected chi connectivity index (χ2v) is 6.54. The van der Waals surface area contributed by atoms with Gasteiger partial charge in [-0.15, -0.1) is 0 Å². The molecule has 2 heterocycles. The lowest BCUT2D eigenvalue weighted by Crippen LogP contribution is -2.52. The van der Waals surface area contributed by atoms with Gasteiger partial charge >= 0.3 is 0 Å². The Morgan fingerprint density at radius 3 is 2.43 bits per heavy atom. The number of ether oxygens (including phenoxy) is 1. The minimum Gasteiger partial charge on any atom is -0.501 e. The van der Waals surface area contributed by atoms with Crippen LogP contribution in [0.1, 0.15) is 25.7 Å². The molecular formula is C17H29N3O. The van der Waals surface area contributed by atoms with Gasteiger partial charge < -0.3 is 14.5 Å². The van der Waals surface area contributed by atoms with Crippen LogP contribution in [0.3, 0.4) is 0 Å². The monoisotopic (exact) mass is 291 g/mol. The fraction of sp³-hybridized carbons (Fsp3) is 0.765. The number of nitrogens with zero attached hydrogens (tertiary/aromatic N) is 3. The lowest BCUT2D eigenvalue weighted by molar-refractivity contribution is 0.0762. The SMILES string of the molecule is COC1=CC(N2CCC(N3CCN(C)CC3)CC2)=CCC1. The van der Waals surface area contributed by atoms with Crippen LogP contribution in [0.15, 0.2) is 23.6 Å². The zero-order valence-electron chi connectivity index (χ0n) is 13.6. The van der Waals surface area contributed by atoms with Crippen molar-refractivity contribution in [1.29, 1.82) is 0 Å². The molecule has 4 nitrogen and oxygen atoms in total. The average molecular weight is 291 g/mol. The summed E-state index contributed by atoms with van der Waals surface area (Å²) in [5.74, 6) is 1.13. The standard InChI is InChI=1S/C17H29N3O/c1-18-10-12-20(13-11-18)15-6-8-19(9-7-15)16-4-3-5-17(14-16)21-2/h4,14-15H,3,5-13H2,1-2H3. The lowest BCUT2D eigenvalue weighted by Gasteiger charge is -2.43. The predicted molar refractivity (Wildman–Crippen MR) is 86.1 cm³/mol. The third-order valence-corrected chi connectivity index (χ3v) is 5.20. The molecule has 0 aromatic rings. The molecule has 21 heavy (non-hydrogen) atoms. The highest BCUT2D eigenvalue weighted by molar-refractivity contribution is 5.24. The predicted octanol–water partition coefficient (Wildman–Crippen LogP) is 1.91. The molecule has 0 saturated carbocycles. The fourth-order valence-electron chi connectivity index (χ4n) is 3.72. The van der Waals surface area contributed by atoms with Crippen molar-refractivity contribution in [3.8, 4) is 0 Å². The molecule has 118 valence electrons. The Kier molecular flexibility index (Phi) is 4.86. The van der Waals surface area contributed by atoms with E-state index in [1.165, 1.54) is 57.8 Å². The molecule has 3 rings (SSSR count). The summed E-state index contributed by atoms with van der Waals surface area (Å²) in [6, 6.07) is 0.796. The molecule has 1 aliphatic carbocycles. The number of rotatable bonds is 3. The van der Waals surface area contributed by atoms with Crippen LogP contribution in [0.4, 0.5) is 0 Å². The van der Waals surface area contributed by atoms with Crippen molar-refractivity contribution >= 4 is 0 Å². The van der Waals surface area contributed by atoms with E-state index in [0.717, 1.165) is 24.6 Å². The van der Waals surface area contributed by atoms with Crippen LogP contribution in [0.25, 0.3) is 0 Å². The maximum atomic E-state index is 5.42. The molecule has 0 aromatic carbocycles. The topological polar surface area (TPSA) is 19.0 Å². The third-order valence-electron chi connectivity index (χ3n) is 5.20. The number of allylic oxidation sites excluding steroid dienone is 3. The Balaban J connectivity index is 1.51. The van der Waals surface area contributed by atoms with E-state index in [9.17, 15) is 0 Å². The molecule has 4 heteroatoms. The summed E-state index contributed by atoms with van der Waals surface area (Å²) < 4.78 is 5.42. The molecule has 2 fully saturated rings. The summed E-state index contributed by atoms with van der Waals surface area (Å²) in [6.07, 6.45) is 9.39. The lowest BCUT2D eigenvalue weighted by atomic mass is 10.00. The van der Waals surface area contributed by atoms with Gasteiger partial charge in [-0.05, 0) is 32.4 Å². The molecule has 0 radical (unpaired) electrons. The van der Waals surface area contributed by atoms with Gasteiger partial charge in [0.1, 0.15) is 0 Å². The minimum atomic E-state index is 0.796. The van der Waals surface area contributed by atoms with Gasteiger partial charge in [0.05, 0.1) is 12.9 Å². The van der Waals surface area contributed by atoms with Gasteiger partial charge in [-0.1, -0.05) is 6.08 Å². The molecular weight excluding hydrogens is 262 g/mol. The molecule has 0 unspecified atom stereocenters. The Bertz CT molecular complexity index is 402. The summed E-state index contributed by atoms with van der Waals surface area (Å²) in [5, 5.41) is 0. The van der Waals surface area contributed by atoms with E-state index in [-0.39, 0.29) is 0 Å². The fourth-order valence-corrected chi connectivity index (χ4v) is 3.72. The van der Waals surface area contributed by atoms with Crippen LogP contribution in [-0.4, -0.2) is 74.2 Å². The highest BCUT2D eigenvalue weighted by atomic mass is 16.5. The molecule has 0 N–H and O–H groups in total. The first-order valence-electron chi connectivity index (χ1n) is 8.38. The first-order valence-corrected chi connectivity index (χ1v) is 8.38. The van der Waals surface area contributed by atoms with Crippen LogP contribution in [0.5, 0.6) is 0 Å². The zero-order valence-corrected chi connectivity index (χ0v) is 13.6. The molecule has 0 aromatic heterocycles. The summed E-state index contributed by atoms with van der Waals surface area (Å²) in [5.41, 5.74) is 1.38. The quantitative estimate of drug-likeness (QED) is 0.790. The first kappa shape index (κ1) is 14.9. The van der Waals surface area contributed by atoms with Gasteiger partial charge in [-0.25, -0.2) is 0 Å². The van der Waals surface area contributed by atoms with Crippen LogP contribution in [0.2, 0.25) is 0 Å². The maximum absolute atomic E-state index is 5.42. The smallest absolute Gasteiger partial charge is 0.0979 e. The molecule has 0 spiro atoms. The molecule has 2 aliphatic heterocycles. The average Bonchev–Trinajstić information content (AvgIpc) is 2.56. The van der Waals surface area contributed by atoms with Gasteiger partial charge in [-0.3, -0.25) is 4.90 Å². The van der Waals surface area contributed by atoms with Gasteiger partial charge in [0.15, 0.2) is 0 Å². The summed E-state index contributed by atoms with van der Waals surface area (Å²) in [7, 11) is 4.02. The largest absolute Gasteiger partial charge is 0.501 e. The van der Waals surface area contributed by atoms with E-state index < -0.39 is 0 Å². The van der Waals surface area contributed by atoms with Crippen LogP contribution in [-0.2, 0) is 4.74 Å². The number of piperidine rings is 1. The van der Waals surface area contributed by atoms with Gasteiger partial charge in [-0.2, -0.15) is 0 Å². The van der Waals surface area contributed by atoms with Crippen LogP contribution in [0, 0.1) is 0 Å². The van der Waals surface area contributed by atoms with Crippen molar-refractivity contribution < 1.29 is 4.74 Å². The van der Waals surface area contributed by atoms with E-state index in [4.69, 9.17) is 4.74 Å². The normalized spacial score (nSPS) is 26.5. The molecule has 0 bridgehead atoms. The summed E-state index contributed by atoms with van der Waals surface area (Å²) >= 11 is 0. The van der Waals surface area contributed by atoms with Crippen molar-refractivity contribution in [2.24, 2.45) is 0 Å². The number of hydrogen-bond donors (Lipinski definition) is 0. The maximum Gasteiger partial charge on any atom is 0.0979 e. The summed E-state index contributed by atoms with van der Waals surface area (Å²) in [6.45, 7) is 7.33. The van der Waals surface area contributed by atoms with Crippen molar-refractivity contribution in [3.63, 3.8) is 0 Å². The summed E-state index contributed by atoms with van der Waals surface area (Å²) in [4.78, 5) is 7.70. The Hall–Kier alpha value is -1.00. The van der Waals surface area contributed by atoms with Gasteiger partial charge in [0.25, 0.3) is 0 Å². The van der Waals surface area contributed by atoms with E-state index in [2.05, 4.69) is 33.9 Å². The first-order chi connectivity index (χ1) is 10.3. The Morgan fingerprint density at radius 2 is 1.76 bits per heavy atom. The van der Waals surface area contributed by atoms with Crippen molar-refractivity contribution in [3.05, 3.63) is 23.6 Å². The second kappa shape index (κ2) is 6.84. The minimum absolute atomic E-state index is 0.796. The number of methoxy groups -OCH3 is 1. The van der Waals surface area contributed by atoms with Crippen molar-refractivity contribution in [1.82, 2.24) is 14.7 Å².